The van der Waals surface area contributed by atoms with Crippen LogP contribution in [0.5, 0.6) is 0 Å². The summed E-state index contributed by atoms with van der Waals surface area (Å²) in [5.74, 6) is -0.552. The van der Waals surface area contributed by atoms with Crippen molar-refractivity contribution in [1.29, 1.82) is 0 Å². The van der Waals surface area contributed by atoms with E-state index in [1.54, 1.807) is 0 Å². The average molecular weight is 1180 g/mol. The SMILES string of the molecule is CC/C=C\C/C=C\C/C=C\C/C=C\C/C=C\C/C=C\CCCCC(=O)OC(/C=C/CCCCCCCCCCCCC)C(COP(=O)(O)OCC[N+](C)(C)C)NC(=O)CCCCCCCCCCCCCCC/C=C/CCCCCCCC. The molecule has 3 unspecified atom stereocenters. The molecule has 0 aliphatic heterocycles. The van der Waals surface area contributed by atoms with Crippen molar-refractivity contribution in [1.82, 2.24) is 5.32 Å². The number of rotatable bonds is 62. The Labute approximate surface area is 513 Å². The van der Waals surface area contributed by atoms with Crippen molar-refractivity contribution >= 4 is 19.7 Å². The molecular weight excluding hydrogens is 1050 g/mol. The first-order chi connectivity index (χ1) is 40.4. The zero-order valence-electron chi connectivity index (χ0n) is 54.9. The van der Waals surface area contributed by atoms with Gasteiger partial charge in [0.2, 0.25) is 5.91 Å². The summed E-state index contributed by atoms with van der Waals surface area (Å²) >= 11 is 0. The van der Waals surface area contributed by atoms with E-state index in [4.69, 9.17) is 13.8 Å². The van der Waals surface area contributed by atoms with Gasteiger partial charge in [-0.2, -0.15) is 0 Å². The van der Waals surface area contributed by atoms with Crippen molar-refractivity contribution in [2.75, 3.05) is 40.9 Å². The van der Waals surface area contributed by atoms with Crippen LogP contribution in [-0.4, -0.2) is 74.3 Å². The molecule has 0 bridgehead atoms. The second-order valence-corrected chi connectivity index (χ2v) is 25.8. The summed E-state index contributed by atoms with van der Waals surface area (Å²) in [5.41, 5.74) is 0. The van der Waals surface area contributed by atoms with E-state index in [2.05, 4.69) is 111 Å². The minimum absolute atomic E-state index is 0.0298. The third-order valence-electron chi connectivity index (χ3n) is 15.0. The van der Waals surface area contributed by atoms with E-state index < -0.39 is 20.0 Å². The van der Waals surface area contributed by atoms with Gasteiger partial charge in [0.15, 0.2) is 0 Å². The predicted molar refractivity (Wildman–Crippen MR) is 360 cm³/mol. The van der Waals surface area contributed by atoms with Crippen LogP contribution < -0.4 is 5.32 Å². The second-order valence-electron chi connectivity index (χ2n) is 24.3. The Morgan fingerprint density at radius 2 is 0.771 bits per heavy atom. The molecule has 0 spiro atoms. The Morgan fingerprint density at radius 3 is 1.18 bits per heavy atom. The van der Waals surface area contributed by atoms with E-state index in [0.717, 1.165) is 89.9 Å². The molecule has 83 heavy (non-hydrogen) atoms. The highest BCUT2D eigenvalue weighted by molar-refractivity contribution is 7.47. The number of phosphoric acid groups is 1. The number of nitrogens with zero attached hydrogens (tertiary/aromatic N) is 1. The van der Waals surface area contributed by atoms with E-state index in [1.165, 1.54) is 173 Å². The number of carbonyl (C=O) groups excluding carboxylic acids is 2. The molecule has 0 aromatic rings. The molecule has 0 rings (SSSR count). The van der Waals surface area contributed by atoms with Crippen molar-refractivity contribution in [2.45, 2.75) is 315 Å². The molecule has 0 fully saturated rings. The predicted octanol–water partition coefficient (Wildman–Crippen LogP) is 21.9. The summed E-state index contributed by atoms with van der Waals surface area (Å²) in [6, 6.07) is -0.872. The zero-order valence-corrected chi connectivity index (χ0v) is 55.8. The first-order valence-electron chi connectivity index (χ1n) is 34.6. The number of esters is 1. The Balaban J connectivity index is 5.22. The number of amides is 1. The summed E-state index contributed by atoms with van der Waals surface area (Å²) in [6.07, 6.45) is 84.2. The van der Waals surface area contributed by atoms with Gasteiger partial charge in [-0.3, -0.25) is 18.6 Å². The number of hydrogen-bond donors (Lipinski definition) is 2. The highest BCUT2D eigenvalue weighted by Gasteiger charge is 2.30. The molecule has 0 saturated carbocycles. The number of nitrogens with one attached hydrogen (secondary N) is 1. The first-order valence-corrected chi connectivity index (χ1v) is 36.1. The maximum atomic E-state index is 13.6. The zero-order chi connectivity index (χ0) is 60.7. The van der Waals surface area contributed by atoms with Gasteiger partial charge >= 0.3 is 13.8 Å². The molecule has 480 valence electrons. The Hall–Kier alpha value is -3.07. The van der Waals surface area contributed by atoms with Crippen LogP contribution in [0.2, 0.25) is 0 Å². The molecule has 2 N–H and O–H groups in total. The van der Waals surface area contributed by atoms with Crippen molar-refractivity contribution in [3.05, 3.63) is 97.2 Å². The fraction of sp³-hybridized carbons (Fsp3) is 0.753. The summed E-state index contributed by atoms with van der Waals surface area (Å²) in [4.78, 5) is 37.9. The molecule has 9 nitrogen and oxygen atoms in total. The summed E-state index contributed by atoms with van der Waals surface area (Å²) in [7, 11) is 1.47. The fourth-order valence-electron chi connectivity index (χ4n) is 9.70. The highest BCUT2D eigenvalue weighted by Crippen LogP contribution is 2.43. The van der Waals surface area contributed by atoms with Crippen LogP contribution in [0, 0.1) is 0 Å². The van der Waals surface area contributed by atoms with Crippen LogP contribution >= 0.6 is 7.82 Å². The minimum atomic E-state index is -4.47. The average Bonchev–Trinajstić information content (AvgIpc) is 3.47. The van der Waals surface area contributed by atoms with Gasteiger partial charge in [0.25, 0.3) is 0 Å². The normalized spacial score (nSPS) is 14.2. The van der Waals surface area contributed by atoms with Gasteiger partial charge < -0.3 is 19.4 Å². The third kappa shape index (κ3) is 63.3. The Kier molecular flexibility index (Phi) is 59.7. The van der Waals surface area contributed by atoms with Crippen molar-refractivity contribution in [3.63, 3.8) is 0 Å². The monoisotopic (exact) mass is 1180 g/mol. The third-order valence-corrected chi connectivity index (χ3v) is 16.0. The van der Waals surface area contributed by atoms with Crippen molar-refractivity contribution < 1.29 is 37.3 Å². The van der Waals surface area contributed by atoms with Gasteiger partial charge in [-0.05, 0) is 109 Å². The molecule has 0 saturated heterocycles. The van der Waals surface area contributed by atoms with E-state index >= 15 is 0 Å². The van der Waals surface area contributed by atoms with Crippen LogP contribution in [0.3, 0.4) is 0 Å². The lowest BCUT2D eigenvalue weighted by atomic mass is 10.0. The molecule has 10 heteroatoms. The summed E-state index contributed by atoms with van der Waals surface area (Å²) in [5, 5.41) is 3.06. The Bertz CT molecular complexity index is 1740. The Morgan fingerprint density at radius 1 is 0.434 bits per heavy atom. The number of phosphoric ester groups is 1. The molecule has 0 heterocycles. The lowest BCUT2D eigenvalue weighted by Gasteiger charge is -2.27. The number of quaternary nitrogens is 1. The number of ether oxygens (including phenoxy) is 1. The standard InChI is InChI=1S/C73H131N2O7P/c1-7-10-13-16-19-22-25-28-30-32-34-36-37-39-40-42-44-47-50-53-56-59-62-65-72(76)74-70(69-81-83(78,79)80-68-67-75(4,5)6)71(64-61-58-55-52-49-46-27-24-21-18-15-12-9-3)82-73(77)66-63-60-57-54-51-48-45-43-41-38-35-33-31-29-26-23-20-17-14-11-8-2/h11,14,20,23,28-31,35,38,43,45,51,54,61,64,70-71H,7-10,12-13,15-19,21-22,24-27,32-34,36-37,39-42,44,46-50,52-53,55-60,62-63,65-69H2,1-6H3,(H-,74,76,78,79)/p+1/b14-11-,23-20-,30-28+,31-29-,38-35-,45-43-,54-51-,64-61+. The number of hydrogen-bond acceptors (Lipinski definition) is 6. The number of allylic oxidation sites excluding steroid dienone is 15. The minimum Gasteiger partial charge on any atom is -0.456 e. The molecule has 1 amide bonds. The van der Waals surface area contributed by atoms with Crippen molar-refractivity contribution in [3.8, 4) is 0 Å². The van der Waals surface area contributed by atoms with Crippen LogP contribution in [0.15, 0.2) is 97.2 Å². The smallest absolute Gasteiger partial charge is 0.456 e. The van der Waals surface area contributed by atoms with Gasteiger partial charge in [-0.25, -0.2) is 4.57 Å². The number of unbranched alkanes of at least 4 members (excludes halogenated alkanes) is 32. The number of carbonyl (C=O) groups is 2. The van der Waals surface area contributed by atoms with Gasteiger partial charge in [0.05, 0.1) is 33.8 Å². The van der Waals surface area contributed by atoms with Gasteiger partial charge in [0, 0.05) is 12.8 Å². The molecule has 3 atom stereocenters. The van der Waals surface area contributed by atoms with Gasteiger partial charge in [-0.1, -0.05) is 279 Å². The molecular formula is C73H132N2O7P+. The van der Waals surface area contributed by atoms with E-state index in [-0.39, 0.29) is 31.5 Å². The highest BCUT2D eigenvalue weighted by atomic mass is 31.2. The van der Waals surface area contributed by atoms with E-state index in [0.29, 0.717) is 23.9 Å². The van der Waals surface area contributed by atoms with Crippen LogP contribution in [-0.2, 0) is 27.9 Å². The van der Waals surface area contributed by atoms with E-state index in [9.17, 15) is 19.0 Å². The first kappa shape index (κ1) is 79.9. The van der Waals surface area contributed by atoms with Crippen LogP contribution in [0.25, 0.3) is 0 Å². The van der Waals surface area contributed by atoms with Gasteiger partial charge in [0.1, 0.15) is 19.3 Å². The lowest BCUT2D eigenvalue weighted by Crippen LogP contribution is -2.47. The number of likely N-dealkylation sites (N-methyl/N-ethyl adjacent to an activating group) is 1. The van der Waals surface area contributed by atoms with Crippen molar-refractivity contribution in [2.24, 2.45) is 0 Å². The molecule has 0 aliphatic rings. The summed E-state index contributed by atoms with van der Waals surface area (Å²) < 4.78 is 30.8. The fourth-order valence-corrected chi connectivity index (χ4v) is 10.4. The van der Waals surface area contributed by atoms with Crippen LogP contribution in [0.4, 0.5) is 0 Å². The quantitative estimate of drug-likeness (QED) is 0.0205. The molecule has 0 aromatic heterocycles. The topological polar surface area (TPSA) is 111 Å². The van der Waals surface area contributed by atoms with E-state index in [1.807, 2.05) is 33.3 Å². The van der Waals surface area contributed by atoms with Gasteiger partial charge in [-0.15, -0.1) is 0 Å². The van der Waals surface area contributed by atoms with Crippen LogP contribution in [0.1, 0.15) is 303 Å². The molecule has 0 radical (unpaired) electrons. The largest absolute Gasteiger partial charge is 0.472 e. The maximum Gasteiger partial charge on any atom is 0.472 e. The summed E-state index contributed by atoms with van der Waals surface area (Å²) in [6.45, 7) is 6.89. The maximum absolute atomic E-state index is 13.6. The second kappa shape index (κ2) is 62.0. The lowest BCUT2D eigenvalue weighted by molar-refractivity contribution is -0.870. The molecule has 0 aliphatic carbocycles. The molecule has 0 aromatic carbocycles.